The van der Waals surface area contributed by atoms with Crippen molar-refractivity contribution in [3.63, 3.8) is 0 Å². The predicted octanol–water partition coefficient (Wildman–Crippen LogP) is 12.8. The number of furan rings is 1. The summed E-state index contributed by atoms with van der Waals surface area (Å²) in [6.07, 6.45) is 0. The fourth-order valence-electron chi connectivity index (χ4n) is 9.43. The molecule has 2 aliphatic carbocycles. The topological polar surface area (TPSA) is 51.8 Å². The summed E-state index contributed by atoms with van der Waals surface area (Å²) in [6, 6.07) is 66.8. The van der Waals surface area contributed by atoms with Crippen LogP contribution in [0.4, 0.5) is 0 Å². The van der Waals surface area contributed by atoms with Crippen LogP contribution in [0.2, 0.25) is 0 Å². The summed E-state index contributed by atoms with van der Waals surface area (Å²) in [6.45, 7) is 0. The van der Waals surface area contributed by atoms with Gasteiger partial charge in [-0.15, -0.1) is 0 Å². The van der Waals surface area contributed by atoms with Crippen molar-refractivity contribution in [3.8, 4) is 67.5 Å². The third kappa shape index (κ3) is 4.32. The number of hydrogen-bond acceptors (Lipinski definition) is 4. The summed E-state index contributed by atoms with van der Waals surface area (Å²) in [5.41, 5.74) is 16.8. The molecule has 1 spiro atoms. The molecule has 0 fully saturated rings. The maximum atomic E-state index is 6.15. The average Bonchev–Trinajstić information content (AvgIpc) is 3.90. The maximum Gasteiger partial charge on any atom is 0.164 e. The third-order valence-corrected chi connectivity index (χ3v) is 11.8. The number of benzene rings is 8. The molecule has 0 bridgehead atoms. The molecule has 0 unspecified atom stereocenters. The lowest BCUT2D eigenvalue weighted by Gasteiger charge is -2.30. The molecule has 56 heavy (non-hydrogen) atoms. The molecular formula is C52H31N3O. The van der Waals surface area contributed by atoms with E-state index in [1.54, 1.807) is 0 Å². The second kappa shape index (κ2) is 11.8. The molecule has 2 heterocycles. The summed E-state index contributed by atoms with van der Waals surface area (Å²) in [5, 5.41) is 2.10. The third-order valence-electron chi connectivity index (χ3n) is 11.8. The highest BCUT2D eigenvalue weighted by Gasteiger charge is 2.51. The van der Waals surface area contributed by atoms with E-state index in [-0.39, 0.29) is 0 Å². The van der Waals surface area contributed by atoms with Gasteiger partial charge in [0.15, 0.2) is 17.5 Å². The minimum absolute atomic E-state index is 0.401. The lowest BCUT2D eigenvalue weighted by molar-refractivity contribution is 0.669. The molecule has 8 aromatic carbocycles. The number of aromatic nitrogens is 3. The molecule has 0 amide bonds. The van der Waals surface area contributed by atoms with Gasteiger partial charge in [-0.2, -0.15) is 0 Å². The van der Waals surface area contributed by atoms with Crippen molar-refractivity contribution < 1.29 is 4.42 Å². The zero-order valence-corrected chi connectivity index (χ0v) is 30.1. The molecule has 2 aromatic heterocycles. The summed E-state index contributed by atoms with van der Waals surface area (Å²) >= 11 is 0. The van der Waals surface area contributed by atoms with E-state index in [1.807, 2.05) is 60.7 Å². The molecule has 12 rings (SSSR count). The van der Waals surface area contributed by atoms with Crippen molar-refractivity contribution in [2.45, 2.75) is 5.41 Å². The first-order valence-corrected chi connectivity index (χ1v) is 19.0. The van der Waals surface area contributed by atoms with E-state index in [1.165, 1.54) is 50.1 Å². The second-order valence-corrected chi connectivity index (χ2v) is 14.7. The fraction of sp³-hybridized carbons (Fsp3) is 0.0192. The smallest absolute Gasteiger partial charge is 0.164 e. The van der Waals surface area contributed by atoms with Gasteiger partial charge in [-0.1, -0.05) is 158 Å². The Kier molecular flexibility index (Phi) is 6.52. The van der Waals surface area contributed by atoms with Crippen molar-refractivity contribution in [2.24, 2.45) is 0 Å². The Morgan fingerprint density at radius 2 is 0.821 bits per heavy atom. The van der Waals surface area contributed by atoms with Gasteiger partial charge in [0.25, 0.3) is 0 Å². The Labute approximate surface area is 323 Å². The monoisotopic (exact) mass is 713 g/mol. The van der Waals surface area contributed by atoms with Gasteiger partial charge in [0.1, 0.15) is 11.2 Å². The van der Waals surface area contributed by atoms with Crippen LogP contribution in [0.15, 0.2) is 192 Å². The lowest BCUT2D eigenvalue weighted by Crippen LogP contribution is -2.25. The highest BCUT2D eigenvalue weighted by Crippen LogP contribution is 2.63. The van der Waals surface area contributed by atoms with Crippen LogP contribution in [0.1, 0.15) is 22.3 Å². The van der Waals surface area contributed by atoms with Crippen molar-refractivity contribution in [1.29, 1.82) is 0 Å². The Morgan fingerprint density at radius 3 is 1.57 bits per heavy atom. The summed E-state index contributed by atoms with van der Waals surface area (Å²) < 4.78 is 6.15. The molecule has 0 radical (unpaired) electrons. The molecule has 4 heteroatoms. The van der Waals surface area contributed by atoms with E-state index in [4.69, 9.17) is 19.4 Å². The lowest BCUT2D eigenvalue weighted by atomic mass is 9.70. The second-order valence-electron chi connectivity index (χ2n) is 14.7. The molecule has 0 saturated heterocycles. The van der Waals surface area contributed by atoms with Gasteiger partial charge < -0.3 is 4.42 Å². The molecule has 0 aliphatic heterocycles. The summed E-state index contributed by atoms with van der Waals surface area (Å²) in [4.78, 5) is 15.3. The van der Waals surface area contributed by atoms with Crippen molar-refractivity contribution in [2.75, 3.05) is 0 Å². The molecule has 0 N–H and O–H groups in total. The molecule has 0 saturated carbocycles. The van der Waals surface area contributed by atoms with Gasteiger partial charge in [-0.05, 0) is 86.0 Å². The molecule has 0 atom stereocenters. The first-order chi connectivity index (χ1) is 27.8. The summed E-state index contributed by atoms with van der Waals surface area (Å²) in [5.74, 6) is 1.86. The minimum atomic E-state index is -0.401. The van der Waals surface area contributed by atoms with E-state index < -0.39 is 5.41 Å². The van der Waals surface area contributed by atoms with Crippen molar-refractivity contribution in [3.05, 3.63) is 210 Å². The number of fused-ring (bicyclic) bond motifs is 13. The van der Waals surface area contributed by atoms with Crippen LogP contribution >= 0.6 is 0 Å². The van der Waals surface area contributed by atoms with E-state index in [2.05, 4.69) is 127 Å². The predicted molar refractivity (Wildman–Crippen MR) is 225 cm³/mol. The van der Waals surface area contributed by atoms with Crippen LogP contribution in [-0.2, 0) is 5.41 Å². The van der Waals surface area contributed by atoms with Gasteiger partial charge >= 0.3 is 0 Å². The first-order valence-electron chi connectivity index (χ1n) is 19.0. The van der Waals surface area contributed by atoms with Crippen LogP contribution in [0.25, 0.3) is 89.5 Å². The zero-order chi connectivity index (χ0) is 36.8. The van der Waals surface area contributed by atoms with Gasteiger partial charge in [-0.25, -0.2) is 15.0 Å². The van der Waals surface area contributed by atoms with Crippen LogP contribution < -0.4 is 0 Å². The Morgan fingerprint density at radius 1 is 0.321 bits per heavy atom. The van der Waals surface area contributed by atoms with E-state index in [9.17, 15) is 0 Å². The van der Waals surface area contributed by atoms with E-state index >= 15 is 0 Å². The van der Waals surface area contributed by atoms with Crippen molar-refractivity contribution >= 4 is 21.9 Å². The molecular weight excluding hydrogens is 683 g/mol. The normalized spacial score (nSPS) is 13.1. The van der Waals surface area contributed by atoms with Crippen LogP contribution in [0.5, 0.6) is 0 Å². The van der Waals surface area contributed by atoms with Crippen molar-refractivity contribution in [1.82, 2.24) is 15.0 Å². The first kappa shape index (κ1) is 31.0. The Bertz CT molecular complexity index is 3170. The zero-order valence-electron chi connectivity index (χ0n) is 30.1. The maximum absolute atomic E-state index is 6.15. The van der Waals surface area contributed by atoms with E-state index in [0.717, 1.165) is 44.2 Å². The fourth-order valence-corrected chi connectivity index (χ4v) is 9.43. The van der Waals surface area contributed by atoms with Crippen LogP contribution in [0, 0.1) is 0 Å². The quantitative estimate of drug-likeness (QED) is 0.182. The number of para-hydroxylation sites is 1. The van der Waals surface area contributed by atoms with Gasteiger partial charge in [0.05, 0.1) is 5.41 Å². The number of rotatable bonds is 4. The number of hydrogen-bond donors (Lipinski definition) is 0. The highest BCUT2D eigenvalue weighted by molar-refractivity contribution is 6.06. The average molecular weight is 714 g/mol. The Hall–Kier alpha value is -7.43. The molecule has 4 nitrogen and oxygen atoms in total. The number of nitrogens with zero attached hydrogens (tertiary/aromatic N) is 3. The SMILES string of the molecule is c1ccc(-c2nc(-c3cccc(-c4cccc5c4-c4ccccc4C54c5ccccc5-c5ccccc54)c3)nc(-c3ccc4oc5ccccc5c4c3)n2)cc1. The van der Waals surface area contributed by atoms with Crippen LogP contribution in [-0.4, -0.2) is 15.0 Å². The summed E-state index contributed by atoms with van der Waals surface area (Å²) in [7, 11) is 0. The standard InChI is InChI=1S/C52H31N3O/c1-2-14-32(15-3-1)49-53-50(55-51(54-49)35-28-29-47-41(31-35)39-20-7-11-27-46(39)56-47)34-17-12-16-33(30-34)36-22-13-26-45-48(36)40-21-6-10-25-44(40)52(45)42-23-8-4-18-37(42)38-19-5-9-24-43(38)52/h1-31H. The van der Waals surface area contributed by atoms with Crippen LogP contribution in [0.3, 0.4) is 0 Å². The molecule has 260 valence electrons. The largest absolute Gasteiger partial charge is 0.456 e. The highest BCUT2D eigenvalue weighted by atomic mass is 16.3. The van der Waals surface area contributed by atoms with Gasteiger partial charge in [0, 0.05) is 27.5 Å². The minimum Gasteiger partial charge on any atom is -0.456 e. The van der Waals surface area contributed by atoms with Gasteiger partial charge in [0.2, 0.25) is 0 Å². The van der Waals surface area contributed by atoms with Gasteiger partial charge in [-0.3, -0.25) is 0 Å². The van der Waals surface area contributed by atoms with E-state index in [0.29, 0.717) is 17.5 Å². The molecule has 10 aromatic rings. The molecule has 2 aliphatic rings. The Balaban J connectivity index is 1.05.